The summed E-state index contributed by atoms with van der Waals surface area (Å²) in [4.78, 5) is 28.7. The maximum atomic E-state index is 12.5. The molecule has 0 aromatic heterocycles. The summed E-state index contributed by atoms with van der Waals surface area (Å²) in [5.74, 6) is 0.972. The quantitative estimate of drug-likeness (QED) is 0.854. The van der Waals surface area contributed by atoms with E-state index in [2.05, 4.69) is 17.1 Å². The Hall–Kier alpha value is -1.88. The number of rotatable bonds is 6. The van der Waals surface area contributed by atoms with Crippen molar-refractivity contribution in [1.29, 1.82) is 0 Å². The number of nitrogens with zero attached hydrogens (tertiary/aromatic N) is 2. The maximum absolute atomic E-state index is 12.5. The van der Waals surface area contributed by atoms with Crippen LogP contribution in [0.1, 0.15) is 30.9 Å². The number of hydrogen-bond acceptors (Lipinski definition) is 3. The van der Waals surface area contributed by atoms with Crippen molar-refractivity contribution >= 4 is 11.8 Å². The van der Waals surface area contributed by atoms with E-state index >= 15 is 0 Å². The molecule has 1 aromatic carbocycles. The molecule has 0 bridgehead atoms. The summed E-state index contributed by atoms with van der Waals surface area (Å²) in [6.07, 6.45) is 2.94. The molecule has 1 N–H and O–H groups in total. The van der Waals surface area contributed by atoms with Gasteiger partial charge in [0.1, 0.15) is 0 Å². The highest BCUT2D eigenvalue weighted by Gasteiger charge is 2.29. The average molecular weight is 343 g/mol. The smallest absolute Gasteiger partial charge is 0.234 e. The molecule has 25 heavy (non-hydrogen) atoms. The molecule has 0 spiro atoms. The van der Waals surface area contributed by atoms with E-state index in [1.165, 1.54) is 12.8 Å². The van der Waals surface area contributed by atoms with Crippen molar-refractivity contribution in [2.24, 2.45) is 5.92 Å². The molecule has 5 nitrogen and oxygen atoms in total. The first kappa shape index (κ1) is 17.9. The number of carbonyl (C=O) groups is 2. The van der Waals surface area contributed by atoms with Crippen LogP contribution in [0.3, 0.4) is 0 Å². The molecule has 1 atom stereocenters. The second-order valence-electron chi connectivity index (χ2n) is 7.45. The van der Waals surface area contributed by atoms with E-state index in [0.717, 1.165) is 24.2 Å². The summed E-state index contributed by atoms with van der Waals surface area (Å²) >= 11 is 0. The first-order chi connectivity index (χ1) is 12.0. The van der Waals surface area contributed by atoms with Crippen LogP contribution in [0.5, 0.6) is 0 Å². The fourth-order valence-electron chi connectivity index (χ4n) is 3.46. The van der Waals surface area contributed by atoms with E-state index in [9.17, 15) is 9.59 Å². The number of nitrogens with one attached hydrogen (secondary N) is 1. The molecule has 1 aliphatic heterocycles. The molecule has 1 aromatic rings. The lowest BCUT2D eigenvalue weighted by molar-refractivity contribution is -0.132. The monoisotopic (exact) mass is 343 g/mol. The van der Waals surface area contributed by atoms with Gasteiger partial charge in [-0.1, -0.05) is 24.3 Å². The van der Waals surface area contributed by atoms with Crippen LogP contribution in [0.15, 0.2) is 24.3 Å². The van der Waals surface area contributed by atoms with Crippen LogP contribution >= 0.6 is 0 Å². The van der Waals surface area contributed by atoms with E-state index in [4.69, 9.17) is 0 Å². The molecule has 2 amide bonds. The molecule has 1 unspecified atom stereocenters. The van der Waals surface area contributed by atoms with Crippen molar-refractivity contribution in [2.45, 2.75) is 39.2 Å². The average Bonchev–Trinajstić information content (AvgIpc) is 3.42. The van der Waals surface area contributed by atoms with Crippen molar-refractivity contribution in [3.8, 4) is 0 Å². The maximum Gasteiger partial charge on any atom is 0.234 e. The summed E-state index contributed by atoms with van der Waals surface area (Å²) in [6, 6.07) is 8.34. The van der Waals surface area contributed by atoms with Gasteiger partial charge in [-0.2, -0.15) is 0 Å². The fraction of sp³-hybridized carbons (Fsp3) is 0.600. The van der Waals surface area contributed by atoms with Crippen molar-refractivity contribution in [1.82, 2.24) is 15.1 Å². The van der Waals surface area contributed by atoms with Gasteiger partial charge in [0.25, 0.3) is 0 Å². The van der Waals surface area contributed by atoms with Gasteiger partial charge in [0, 0.05) is 32.2 Å². The highest BCUT2D eigenvalue weighted by molar-refractivity contribution is 5.80. The number of hydrogen-bond donors (Lipinski definition) is 1. The third-order valence-corrected chi connectivity index (χ3v) is 5.41. The fourth-order valence-corrected chi connectivity index (χ4v) is 3.46. The number of aryl methyl sites for hydroxylation is 1. The third kappa shape index (κ3) is 5.05. The van der Waals surface area contributed by atoms with Gasteiger partial charge in [0.05, 0.1) is 13.0 Å². The van der Waals surface area contributed by atoms with Gasteiger partial charge in [0.2, 0.25) is 11.8 Å². The molecule has 3 rings (SSSR count). The van der Waals surface area contributed by atoms with Crippen LogP contribution < -0.4 is 5.32 Å². The normalized spacial score (nSPS) is 19.5. The molecule has 1 saturated heterocycles. The Labute approximate surface area is 150 Å². The topological polar surface area (TPSA) is 52.7 Å². The molecule has 1 aliphatic carbocycles. The standard InChI is InChI=1S/C20H29N3O2/c1-15-5-3-4-6-18(15)13-20(25)23-11-9-22(10-12-23)14-19(24)21-16(2)17-7-8-17/h3-6,16-17H,7-14H2,1-2H3,(H,21,24). The molecular formula is C20H29N3O2. The van der Waals surface area contributed by atoms with Crippen LogP contribution in [0.25, 0.3) is 0 Å². The number of piperazine rings is 1. The molecule has 136 valence electrons. The van der Waals surface area contributed by atoms with E-state index in [1.54, 1.807) is 0 Å². The van der Waals surface area contributed by atoms with Crippen LogP contribution in [0.2, 0.25) is 0 Å². The predicted molar refractivity (Wildman–Crippen MR) is 98.2 cm³/mol. The first-order valence-electron chi connectivity index (χ1n) is 9.37. The van der Waals surface area contributed by atoms with Crippen LogP contribution in [0.4, 0.5) is 0 Å². The zero-order valence-electron chi connectivity index (χ0n) is 15.3. The Morgan fingerprint density at radius 1 is 1.16 bits per heavy atom. The molecule has 0 radical (unpaired) electrons. The van der Waals surface area contributed by atoms with Gasteiger partial charge in [-0.25, -0.2) is 0 Å². The predicted octanol–water partition coefficient (Wildman–Crippen LogP) is 1.60. The molecular weight excluding hydrogens is 314 g/mol. The Morgan fingerprint density at radius 3 is 2.48 bits per heavy atom. The van der Waals surface area contributed by atoms with E-state index in [-0.39, 0.29) is 11.8 Å². The zero-order valence-corrected chi connectivity index (χ0v) is 15.3. The summed E-state index contributed by atoms with van der Waals surface area (Å²) in [5, 5.41) is 3.10. The van der Waals surface area contributed by atoms with Gasteiger partial charge in [-0.05, 0) is 43.7 Å². The Kier molecular flexibility index (Phi) is 5.74. The van der Waals surface area contributed by atoms with Crippen molar-refractivity contribution < 1.29 is 9.59 Å². The Bertz CT molecular complexity index is 619. The van der Waals surface area contributed by atoms with Gasteiger partial charge >= 0.3 is 0 Å². The van der Waals surface area contributed by atoms with Crippen molar-refractivity contribution in [3.63, 3.8) is 0 Å². The number of benzene rings is 1. The van der Waals surface area contributed by atoms with Crippen LogP contribution in [-0.4, -0.2) is 60.4 Å². The minimum atomic E-state index is 0.110. The second kappa shape index (κ2) is 8.00. The van der Waals surface area contributed by atoms with Gasteiger partial charge in [-0.15, -0.1) is 0 Å². The summed E-state index contributed by atoms with van der Waals surface area (Å²) < 4.78 is 0. The highest BCUT2D eigenvalue weighted by atomic mass is 16.2. The molecule has 2 fully saturated rings. The molecule has 2 aliphatic rings. The number of amides is 2. The Morgan fingerprint density at radius 2 is 1.84 bits per heavy atom. The summed E-state index contributed by atoms with van der Waals surface area (Å²) in [7, 11) is 0. The number of carbonyl (C=O) groups excluding carboxylic acids is 2. The summed E-state index contributed by atoms with van der Waals surface area (Å²) in [6.45, 7) is 7.53. The van der Waals surface area contributed by atoms with Crippen molar-refractivity contribution in [3.05, 3.63) is 35.4 Å². The zero-order chi connectivity index (χ0) is 17.8. The second-order valence-corrected chi connectivity index (χ2v) is 7.45. The minimum absolute atomic E-state index is 0.110. The molecule has 5 heteroatoms. The Balaban J connectivity index is 1.41. The molecule has 1 heterocycles. The van der Waals surface area contributed by atoms with Crippen LogP contribution in [-0.2, 0) is 16.0 Å². The van der Waals surface area contributed by atoms with Crippen molar-refractivity contribution in [2.75, 3.05) is 32.7 Å². The van der Waals surface area contributed by atoms with E-state index < -0.39 is 0 Å². The SMILES string of the molecule is Cc1ccccc1CC(=O)N1CCN(CC(=O)NC(C)C2CC2)CC1. The molecule has 1 saturated carbocycles. The van der Waals surface area contributed by atoms with Crippen LogP contribution in [0, 0.1) is 12.8 Å². The van der Waals surface area contributed by atoms with Gasteiger partial charge < -0.3 is 10.2 Å². The van der Waals surface area contributed by atoms with Gasteiger partial charge in [-0.3, -0.25) is 14.5 Å². The highest BCUT2D eigenvalue weighted by Crippen LogP contribution is 2.32. The largest absolute Gasteiger partial charge is 0.352 e. The lowest BCUT2D eigenvalue weighted by atomic mass is 10.1. The lowest BCUT2D eigenvalue weighted by Crippen LogP contribution is -2.52. The van der Waals surface area contributed by atoms with E-state index in [1.807, 2.05) is 36.1 Å². The lowest BCUT2D eigenvalue weighted by Gasteiger charge is -2.34. The summed E-state index contributed by atoms with van der Waals surface area (Å²) in [5.41, 5.74) is 2.26. The first-order valence-corrected chi connectivity index (χ1v) is 9.37. The van der Waals surface area contributed by atoms with Gasteiger partial charge in [0.15, 0.2) is 0 Å². The minimum Gasteiger partial charge on any atom is -0.352 e. The third-order valence-electron chi connectivity index (χ3n) is 5.41. The van der Waals surface area contributed by atoms with E-state index in [0.29, 0.717) is 38.0 Å².